The summed E-state index contributed by atoms with van der Waals surface area (Å²) in [6.45, 7) is 7.64. The highest BCUT2D eigenvalue weighted by molar-refractivity contribution is 5.68. The summed E-state index contributed by atoms with van der Waals surface area (Å²) in [4.78, 5) is 11.6. The first-order chi connectivity index (χ1) is 7.46. The molecule has 1 aliphatic carbocycles. The van der Waals surface area contributed by atoms with Crippen molar-refractivity contribution in [1.82, 2.24) is 10.6 Å². The Hall–Kier alpha value is -0.770. The van der Waals surface area contributed by atoms with Gasteiger partial charge in [0.25, 0.3) is 0 Å². The SMILES string of the molecule is CC(C)(C)OC(=O)N[C@H]1CNCC2CCC21. The maximum Gasteiger partial charge on any atom is 0.407 e. The van der Waals surface area contributed by atoms with Crippen molar-refractivity contribution in [2.45, 2.75) is 45.3 Å². The summed E-state index contributed by atoms with van der Waals surface area (Å²) in [7, 11) is 0. The molecule has 0 bridgehead atoms. The Balaban J connectivity index is 1.82. The lowest BCUT2D eigenvalue weighted by atomic mass is 9.68. The number of carbonyl (C=O) groups excluding carboxylic acids is 1. The van der Waals surface area contributed by atoms with E-state index in [0.717, 1.165) is 19.0 Å². The van der Waals surface area contributed by atoms with Crippen molar-refractivity contribution in [3.8, 4) is 0 Å². The third-order valence-corrected chi connectivity index (χ3v) is 3.47. The number of alkyl carbamates (subject to hydrolysis) is 1. The second-order valence-corrected chi connectivity index (χ2v) is 5.91. The summed E-state index contributed by atoms with van der Waals surface area (Å²) in [5.74, 6) is 1.42. The number of fused-ring (bicyclic) bond motifs is 1. The third kappa shape index (κ3) is 2.67. The first-order valence-electron chi connectivity index (χ1n) is 6.16. The summed E-state index contributed by atoms with van der Waals surface area (Å²) in [6.07, 6.45) is 2.25. The van der Waals surface area contributed by atoms with E-state index < -0.39 is 5.60 Å². The van der Waals surface area contributed by atoms with Crippen molar-refractivity contribution in [2.75, 3.05) is 13.1 Å². The van der Waals surface area contributed by atoms with Crippen molar-refractivity contribution in [2.24, 2.45) is 11.8 Å². The van der Waals surface area contributed by atoms with Crippen LogP contribution in [0.2, 0.25) is 0 Å². The highest BCUT2D eigenvalue weighted by Gasteiger charge is 2.40. The summed E-state index contributed by atoms with van der Waals surface area (Å²) < 4.78 is 5.27. The zero-order chi connectivity index (χ0) is 11.8. The monoisotopic (exact) mass is 226 g/mol. The molecule has 4 nitrogen and oxygen atoms in total. The minimum Gasteiger partial charge on any atom is -0.444 e. The van der Waals surface area contributed by atoms with E-state index >= 15 is 0 Å². The molecule has 3 atom stereocenters. The minimum absolute atomic E-state index is 0.252. The van der Waals surface area contributed by atoms with Gasteiger partial charge >= 0.3 is 6.09 Å². The first kappa shape index (κ1) is 11.7. The van der Waals surface area contributed by atoms with Crippen molar-refractivity contribution in [1.29, 1.82) is 0 Å². The van der Waals surface area contributed by atoms with Crippen LogP contribution in [0.3, 0.4) is 0 Å². The number of hydrogen-bond acceptors (Lipinski definition) is 3. The lowest BCUT2D eigenvalue weighted by Crippen LogP contribution is -2.58. The van der Waals surface area contributed by atoms with Crippen LogP contribution in [-0.2, 0) is 4.74 Å². The fraction of sp³-hybridized carbons (Fsp3) is 0.917. The van der Waals surface area contributed by atoms with Crippen LogP contribution in [-0.4, -0.2) is 30.8 Å². The van der Waals surface area contributed by atoms with Gasteiger partial charge in [-0.3, -0.25) is 0 Å². The van der Waals surface area contributed by atoms with Crippen LogP contribution in [0, 0.1) is 11.8 Å². The highest BCUT2D eigenvalue weighted by atomic mass is 16.6. The second kappa shape index (κ2) is 4.24. The highest BCUT2D eigenvalue weighted by Crippen LogP contribution is 2.38. The zero-order valence-electron chi connectivity index (χ0n) is 10.4. The van der Waals surface area contributed by atoms with Crippen LogP contribution in [0.15, 0.2) is 0 Å². The van der Waals surface area contributed by atoms with E-state index in [1.54, 1.807) is 0 Å². The summed E-state index contributed by atoms with van der Waals surface area (Å²) in [6, 6.07) is 0.252. The molecule has 1 saturated heterocycles. The molecule has 1 heterocycles. The first-order valence-corrected chi connectivity index (χ1v) is 6.16. The molecule has 92 valence electrons. The van der Waals surface area contributed by atoms with Crippen molar-refractivity contribution in [3.63, 3.8) is 0 Å². The minimum atomic E-state index is -0.412. The van der Waals surface area contributed by atoms with Crippen LogP contribution in [0.1, 0.15) is 33.6 Å². The van der Waals surface area contributed by atoms with Gasteiger partial charge in [0.15, 0.2) is 0 Å². The quantitative estimate of drug-likeness (QED) is 0.712. The Morgan fingerprint density at radius 2 is 2.06 bits per heavy atom. The smallest absolute Gasteiger partial charge is 0.407 e. The molecule has 16 heavy (non-hydrogen) atoms. The predicted octanol–water partition coefficient (Wildman–Crippen LogP) is 1.51. The molecule has 0 aromatic rings. The molecule has 1 aliphatic heterocycles. The molecular weight excluding hydrogens is 204 g/mol. The van der Waals surface area contributed by atoms with Crippen molar-refractivity contribution < 1.29 is 9.53 Å². The summed E-state index contributed by atoms with van der Waals surface area (Å²) in [5.41, 5.74) is -0.412. The predicted molar refractivity (Wildman–Crippen MR) is 62.2 cm³/mol. The van der Waals surface area contributed by atoms with Gasteiger partial charge in [-0.2, -0.15) is 0 Å². The Morgan fingerprint density at radius 3 is 2.62 bits per heavy atom. The van der Waals surface area contributed by atoms with Gasteiger partial charge in [0.05, 0.1) is 0 Å². The summed E-state index contributed by atoms with van der Waals surface area (Å²) >= 11 is 0. The molecule has 2 aliphatic rings. The molecule has 0 aromatic carbocycles. The Morgan fingerprint density at radius 1 is 1.31 bits per heavy atom. The Kier molecular flexibility index (Phi) is 3.10. The van der Waals surface area contributed by atoms with Gasteiger partial charge in [-0.25, -0.2) is 4.79 Å². The largest absolute Gasteiger partial charge is 0.444 e. The molecular formula is C12H22N2O2. The average molecular weight is 226 g/mol. The molecule has 2 N–H and O–H groups in total. The van der Waals surface area contributed by atoms with Crippen LogP contribution >= 0.6 is 0 Å². The maximum atomic E-state index is 11.6. The molecule has 2 rings (SSSR count). The third-order valence-electron chi connectivity index (χ3n) is 3.47. The van der Waals surface area contributed by atoms with Crippen molar-refractivity contribution in [3.05, 3.63) is 0 Å². The van der Waals surface area contributed by atoms with E-state index in [2.05, 4.69) is 10.6 Å². The van der Waals surface area contributed by atoms with Gasteiger partial charge in [0, 0.05) is 12.6 Å². The molecule has 1 amide bonds. The maximum absolute atomic E-state index is 11.6. The van der Waals surface area contributed by atoms with Crippen LogP contribution < -0.4 is 10.6 Å². The molecule has 0 radical (unpaired) electrons. The topological polar surface area (TPSA) is 50.4 Å². The lowest BCUT2D eigenvalue weighted by Gasteiger charge is -2.46. The summed E-state index contributed by atoms with van der Waals surface area (Å²) in [5, 5.41) is 6.35. The molecule has 0 spiro atoms. The number of hydrogen-bond donors (Lipinski definition) is 2. The standard InChI is InChI=1S/C12H22N2O2/c1-12(2,3)16-11(15)14-10-7-13-6-8-4-5-9(8)10/h8-10,13H,4-7H2,1-3H3,(H,14,15)/t8?,9?,10-/m0/s1. The van der Waals surface area contributed by atoms with E-state index in [9.17, 15) is 4.79 Å². The van der Waals surface area contributed by atoms with Gasteiger partial charge < -0.3 is 15.4 Å². The van der Waals surface area contributed by atoms with Crippen molar-refractivity contribution >= 4 is 6.09 Å². The zero-order valence-corrected chi connectivity index (χ0v) is 10.4. The normalized spacial score (nSPS) is 33.6. The Labute approximate surface area is 97.1 Å². The molecule has 2 unspecified atom stereocenters. The van der Waals surface area contributed by atoms with Gasteiger partial charge in [0.1, 0.15) is 5.60 Å². The van der Waals surface area contributed by atoms with E-state index in [-0.39, 0.29) is 12.1 Å². The second-order valence-electron chi connectivity index (χ2n) is 5.91. The number of piperidine rings is 1. The van der Waals surface area contributed by atoms with Gasteiger partial charge in [-0.15, -0.1) is 0 Å². The molecule has 1 saturated carbocycles. The number of carbonyl (C=O) groups is 1. The number of rotatable bonds is 1. The van der Waals surface area contributed by atoms with E-state index in [1.807, 2.05) is 20.8 Å². The lowest BCUT2D eigenvalue weighted by molar-refractivity contribution is 0.0360. The van der Waals surface area contributed by atoms with Crippen LogP contribution in [0.25, 0.3) is 0 Å². The van der Waals surface area contributed by atoms with E-state index in [0.29, 0.717) is 5.92 Å². The van der Waals surface area contributed by atoms with Gasteiger partial charge in [0.2, 0.25) is 0 Å². The number of nitrogens with one attached hydrogen (secondary N) is 2. The number of amides is 1. The fourth-order valence-electron chi connectivity index (χ4n) is 2.57. The Bertz CT molecular complexity index is 273. The number of ether oxygens (including phenoxy) is 1. The van der Waals surface area contributed by atoms with E-state index in [4.69, 9.17) is 4.74 Å². The average Bonchev–Trinajstić information content (AvgIpc) is 2.04. The van der Waals surface area contributed by atoms with Crippen LogP contribution in [0.5, 0.6) is 0 Å². The molecule has 2 fully saturated rings. The van der Waals surface area contributed by atoms with Gasteiger partial charge in [-0.1, -0.05) is 0 Å². The van der Waals surface area contributed by atoms with Crippen LogP contribution in [0.4, 0.5) is 4.79 Å². The fourth-order valence-corrected chi connectivity index (χ4v) is 2.57. The molecule has 4 heteroatoms. The molecule has 0 aromatic heterocycles. The van der Waals surface area contributed by atoms with Gasteiger partial charge in [-0.05, 0) is 52.0 Å². The van der Waals surface area contributed by atoms with E-state index in [1.165, 1.54) is 12.8 Å².